The van der Waals surface area contributed by atoms with Gasteiger partial charge >= 0.3 is 12.1 Å². The molecule has 0 aliphatic heterocycles. The number of para-hydroxylation sites is 2. The van der Waals surface area contributed by atoms with Gasteiger partial charge in [-0.05, 0) is 30.7 Å². The molecule has 2 aromatic carbocycles. The minimum Gasteiger partial charge on any atom is -0.376 e. The number of esters is 1. The zero-order valence-electron chi connectivity index (χ0n) is 14.2. The molecule has 0 spiro atoms. The maximum atomic E-state index is 12.6. The molecule has 1 heterocycles. The Morgan fingerprint density at radius 1 is 1.15 bits per heavy atom. The Bertz CT molecular complexity index is 877. The van der Waals surface area contributed by atoms with Crippen LogP contribution in [0.4, 0.5) is 10.5 Å². The number of aliphatic hydroxyl groups excluding tert-OH is 1. The van der Waals surface area contributed by atoms with Gasteiger partial charge in [0.2, 0.25) is 0 Å². The lowest BCUT2D eigenvalue weighted by atomic mass is 10.3. The zero-order chi connectivity index (χ0) is 18.5. The van der Waals surface area contributed by atoms with Crippen LogP contribution in [0.15, 0.2) is 54.6 Å². The van der Waals surface area contributed by atoms with Crippen molar-refractivity contribution in [3.05, 3.63) is 59.6 Å². The fourth-order valence-corrected chi connectivity index (χ4v) is 3.39. The zero-order valence-corrected chi connectivity index (χ0v) is 15.0. The first-order chi connectivity index (χ1) is 12.6. The van der Waals surface area contributed by atoms with Gasteiger partial charge in [0.25, 0.3) is 0 Å². The minimum atomic E-state index is -1.36. The number of benzene rings is 2. The SMILES string of the molecule is CCCC(=O)OC(=O)N(c1ccccc1)C(O)c1nc2ccccc2s1. The van der Waals surface area contributed by atoms with Crippen molar-refractivity contribution in [1.82, 2.24) is 4.98 Å². The van der Waals surface area contributed by atoms with Crippen molar-refractivity contribution in [2.24, 2.45) is 0 Å². The van der Waals surface area contributed by atoms with Crippen LogP contribution in [0, 0.1) is 0 Å². The first kappa shape index (κ1) is 18.0. The topological polar surface area (TPSA) is 79.7 Å². The van der Waals surface area contributed by atoms with Crippen molar-refractivity contribution < 1.29 is 19.4 Å². The van der Waals surface area contributed by atoms with Crippen LogP contribution < -0.4 is 4.90 Å². The molecule has 1 N–H and O–H groups in total. The van der Waals surface area contributed by atoms with Crippen LogP contribution in [0.5, 0.6) is 0 Å². The number of ether oxygens (including phenoxy) is 1. The molecular formula is C19H18N2O4S. The average Bonchev–Trinajstić information content (AvgIpc) is 3.07. The van der Waals surface area contributed by atoms with Crippen LogP contribution in [0.3, 0.4) is 0 Å². The van der Waals surface area contributed by atoms with Crippen LogP contribution >= 0.6 is 11.3 Å². The summed E-state index contributed by atoms with van der Waals surface area (Å²) in [7, 11) is 0. The van der Waals surface area contributed by atoms with Crippen LogP contribution in [0.2, 0.25) is 0 Å². The van der Waals surface area contributed by atoms with Crippen LogP contribution in [-0.2, 0) is 9.53 Å². The molecule has 0 bridgehead atoms. The molecule has 1 aromatic heterocycles. The van der Waals surface area contributed by atoms with Crippen LogP contribution in [0.1, 0.15) is 31.0 Å². The summed E-state index contributed by atoms with van der Waals surface area (Å²) in [4.78, 5) is 29.7. The van der Waals surface area contributed by atoms with Crippen LogP contribution in [-0.4, -0.2) is 22.2 Å². The van der Waals surface area contributed by atoms with Crippen molar-refractivity contribution >= 4 is 39.3 Å². The Hall–Kier alpha value is -2.77. The van der Waals surface area contributed by atoms with E-state index in [0.717, 1.165) is 15.1 Å². The lowest BCUT2D eigenvalue weighted by Crippen LogP contribution is -2.36. The molecule has 0 fully saturated rings. The van der Waals surface area contributed by atoms with Crippen molar-refractivity contribution in [2.45, 2.75) is 26.0 Å². The van der Waals surface area contributed by atoms with Gasteiger partial charge < -0.3 is 9.84 Å². The normalized spacial score (nSPS) is 11.9. The number of anilines is 1. The highest BCUT2D eigenvalue weighted by Gasteiger charge is 2.30. The highest BCUT2D eigenvalue weighted by Crippen LogP contribution is 2.31. The number of fused-ring (bicyclic) bond motifs is 1. The second-order valence-corrected chi connectivity index (χ2v) is 6.65. The molecular weight excluding hydrogens is 352 g/mol. The van der Waals surface area contributed by atoms with Gasteiger partial charge in [0, 0.05) is 6.42 Å². The Morgan fingerprint density at radius 2 is 1.85 bits per heavy atom. The smallest absolute Gasteiger partial charge is 0.376 e. The number of carbonyl (C=O) groups is 2. The van der Waals surface area contributed by atoms with E-state index in [4.69, 9.17) is 4.74 Å². The third-order valence-corrected chi connectivity index (χ3v) is 4.74. The summed E-state index contributed by atoms with van der Waals surface area (Å²) in [6.07, 6.45) is -1.60. The van der Waals surface area contributed by atoms with Gasteiger partial charge in [0.05, 0.1) is 15.9 Å². The second-order valence-electron chi connectivity index (χ2n) is 5.59. The highest BCUT2D eigenvalue weighted by atomic mass is 32.1. The average molecular weight is 370 g/mol. The van der Waals surface area contributed by atoms with E-state index in [1.165, 1.54) is 11.3 Å². The molecule has 0 saturated heterocycles. The van der Waals surface area contributed by atoms with Crippen molar-refractivity contribution in [2.75, 3.05) is 4.90 Å². The molecule has 6 nitrogen and oxygen atoms in total. The van der Waals surface area contributed by atoms with Crippen molar-refractivity contribution in [3.8, 4) is 0 Å². The monoisotopic (exact) mass is 370 g/mol. The number of aromatic nitrogens is 1. The van der Waals surface area contributed by atoms with Gasteiger partial charge in [0.15, 0.2) is 6.23 Å². The van der Waals surface area contributed by atoms with Gasteiger partial charge in [-0.1, -0.05) is 37.3 Å². The number of aliphatic hydroxyl groups is 1. The Morgan fingerprint density at radius 3 is 2.54 bits per heavy atom. The molecule has 1 amide bonds. The molecule has 3 rings (SSSR count). The Balaban J connectivity index is 1.94. The molecule has 0 aliphatic carbocycles. The molecule has 3 aromatic rings. The highest BCUT2D eigenvalue weighted by molar-refractivity contribution is 7.18. The summed E-state index contributed by atoms with van der Waals surface area (Å²) >= 11 is 1.28. The summed E-state index contributed by atoms with van der Waals surface area (Å²) in [5.41, 5.74) is 1.14. The maximum Gasteiger partial charge on any atom is 0.424 e. The molecule has 1 atom stereocenters. The largest absolute Gasteiger partial charge is 0.424 e. The molecule has 0 aliphatic rings. The van der Waals surface area contributed by atoms with Gasteiger partial charge in [-0.2, -0.15) is 0 Å². The predicted octanol–water partition coefficient (Wildman–Crippen LogP) is 4.26. The van der Waals surface area contributed by atoms with E-state index in [2.05, 4.69) is 4.98 Å². The lowest BCUT2D eigenvalue weighted by molar-refractivity contribution is -0.137. The Kier molecular flexibility index (Phi) is 5.60. The standard InChI is InChI=1S/C19H18N2O4S/c1-2-8-16(22)25-19(24)21(13-9-4-3-5-10-13)18(23)17-20-14-11-6-7-12-15(14)26-17/h3-7,9-12,18,23H,2,8H2,1H3. The van der Waals surface area contributed by atoms with Crippen LogP contribution in [0.25, 0.3) is 10.2 Å². The van der Waals surface area contributed by atoms with Gasteiger partial charge in [-0.3, -0.25) is 4.79 Å². The van der Waals surface area contributed by atoms with E-state index in [1.54, 1.807) is 30.3 Å². The van der Waals surface area contributed by atoms with Crippen molar-refractivity contribution in [3.63, 3.8) is 0 Å². The number of hydrogen-bond acceptors (Lipinski definition) is 6. The minimum absolute atomic E-state index is 0.131. The molecule has 7 heteroatoms. The summed E-state index contributed by atoms with van der Waals surface area (Å²) in [6.45, 7) is 1.82. The number of carbonyl (C=O) groups excluding carboxylic acids is 2. The molecule has 134 valence electrons. The quantitative estimate of drug-likeness (QED) is 0.412. The van der Waals surface area contributed by atoms with Crippen molar-refractivity contribution in [1.29, 1.82) is 0 Å². The first-order valence-electron chi connectivity index (χ1n) is 8.22. The number of nitrogens with zero attached hydrogens (tertiary/aromatic N) is 2. The molecule has 1 unspecified atom stereocenters. The van der Waals surface area contributed by atoms with E-state index in [9.17, 15) is 14.7 Å². The van der Waals surface area contributed by atoms with Gasteiger partial charge in [-0.25, -0.2) is 14.7 Å². The van der Waals surface area contributed by atoms with E-state index < -0.39 is 18.3 Å². The fraction of sp³-hybridized carbons (Fsp3) is 0.211. The lowest BCUT2D eigenvalue weighted by Gasteiger charge is -2.25. The fourth-order valence-electron chi connectivity index (χ4n) is 2.45. The number of amides is 1. The number of rotatable bonds is 5. The molecule has 0 radical (unpaired) electrons. The van der Waals surface area contributed by atoms with E-state index in [-0.39, 0.29) is 6.42 Å². The Labute approximate surface area is 154 Å². The predicted molar refractivity (Wildman–Crippen MR) is 99.9 cm³/mol. The third kappa shape index (κ3) is 3.89. The maximum absolute atomic E-state index is 12.6. The summed E-state index contributed by atoms with van der Waals surface area (Å²) < 4.78 is 5.78. The summed E-state index contributed by atoms with van der Waals surface area (Å²) in [6, 6.07) is 16.0. The van der Waals surface area contributed by atoms with E-state index in [0.29, 0.717) is 17.1 Å². The number of hydrogen-bond donors (Lipinski definition) is 1. The molecule has 26 heavy (non-hydrogen) atoms. The third-order valence-electron chi connectivity index (χ3n) is 3.66. The van der Waals surface area contributed by atoms with Gasteiger partial charge in [-0.15, -0.1) is 11.3 Å². The second kappa shape index (κ2) is 8.07. The molecule has 0 saturated carbocycles. The number of thiazole rings is 1. The van der Waals surface area contributed by atoms with Gasteiger partial charge in [0.1, 0.15) is 5.01 Å². The summed E-state index contributed by atoms with van der Waals surface area (Å²) in [5.74, 6) is -0.630. The van der Waals surface area contributed by atoms with E-state index >= 15 is 0 Å². The van der Waals surface area contributed by atoms with E-state index in [1.807, 2.05) is 31.2 Å². The summed E-state index contributed by atoms with van der Waals surface area (Å²) in [5, 5.41) is 11.2. The first-order valence-corrected chi connectivity index (χ1v) is 9.04.